The van der Waals surface area contributed by atoms with Crippen LogP contribution in [0.3, 0.4) is 0 Å². The predicted octanol–water partition coefficient (Wildman–Crippen LogP) is 3.25. The summed E-state index contributed by atoms with van der Waals surface area (Å²) in [5.41, 5.74) is 2.18. The van der Waals surface area contributed by atoms with Crippen LogP contribution in [0.15, 0.2) is 42.5 Å². The summed E-state index contributed by atoms with van der Waals surface area (Å²) in [6.45, 7) is 9.51. The van der Waals surface area contributed by atoms with Crippen LogP contribution in [0.5, 0.6) is 11.5 Å². The summed E-state index contributed by atoms with van der Waals surface area (Å²) in [6.07, 6.45) is 0.376. The molecule has 37 heavy (non-hydrogen) atoms. The fraction of sp³-hybridized carbons (Fsp3) is 0.481. The zero-order valence-electron chi connectivity index (χ0n) is 22.2. The molecule has 0 saturated carbocycles. The van der Waals surface area contributed by atoms with E-state index >= 15 is 0 Å². The van der Waals surface area contributed by atoms with Crippen LogP contribution in [0.4, 0.5) is 5.69 Å². The van der Waals surface area contributed by atoms with E-state index in [1.165, 1.54) is 11.8 Å². The summed E-state index contributed by atoms with van der Waals surface area (Å²) >= 11 is 0. The number of carbonyl (C=O) groups is 2. The number of rotatable bonds is 11. The molecule has 2 amide bonds. The number of carbonyl (C=O) groups excluding carboxylic acids is 2. The molecule has 1 unspecified atom stereocenters. The standard InChI is InChI=1S/C27H37N3O6S/c1-6-23(27(32)28-19(3)4)29(17-21-10-8-9-20(5)15-21)26(31)18-30(37(33,34)7-2)22-11-12-24-25(16-22)36-14-13-35-24/h8-12,15-16,19,23H,6-7,13-14,17-18H2,1-5H3,(H,28,32). The molecule has 3 rings (SSSR count). The Kier molecular flexibility index (Phi) is 9.42. The van der Waals surface area contributed by atoms with E-state index in [0.29, 0.717) is 36.8 Å². The van der Waals surface area contributed by atoms with Gasteiger partial charge in [0.25, 0.3) is 0 Å². The van der Waals surface area contributed by atoms with Crippen molar-refractivity contribution in [2.45, 2.75) is 59.7 Å². The summed E-state index contributed by atoms with van der Waals surface area (Å²) in [4.78, 5) is 28.4. The van der Waals surface area contributed by atoms with Crippen molar-refractivity contribution < 1.29 is 27.5 Å². The second kappa shape index (κ2) is 12.3. The average molecular weight is 532 g/mol. The third kappa shape index (κ3) is 7.15. The Morgan fingerprint density at radius 2 is 1.73 bits per heavy atom. The van der Waals surface area contributed by atoms with Gasteiger partial charge in [0, 0.05) is 18.7 Å². The van der Waals surface area contributed by atoms with Gasteiger partial charge in [0.1, 0.15) is 25.8 Å². The summed E-state index contributed by atoms with van der Waals surface area (Å²) < 4.78 is 38.6. The molecular weight excluding hydrogens is 494 g/mol. The van der Waals surface area contributed by atoms with Crippen LogP contribution in [0.2, 0.25) is 0 Å². The SMILES string of the molecule is CCC(C(=O)NC(C)C)N(Cc1cccc(C)c1)C(=O)CN(c1ccc2c(c1)OCCO2)S(=O)(=O)CC. The molecule has 1 atom stereocenters. The van der Waals surface area contributed by atoms with Crippen molar-refractivity contribution >= 4 is 27.5 Å². The van der Waals surface area contributed by atoms with Crippen LogP contribution >= 0.6 is 0 Å². The molecule has 0 aliphatic carbocycles. The average Bonchev–Trinajstić information content (AvgIpc) is 2.86. The van der Waals surface area contributed by atoms with Crippen molar-refractivity contribution in [3.05, 3.63) is 53.6 Å². The Morgan fingerprint density at radius 3 is 2.35 bits per heavy atom. The number of nitrogens with zero attached hydrogens (tertiary/aromatic N) is 2. The molecule has 1 N–H and O–H groups in total. The van der Waals surface area contributed by atoms with Crippen molar-refractivity contribution in [3.8, 4) is 11.5 Å². The number of fused-ring (bicyclic) bond motifs is 1. The van der Waals surface area contributed by atoms with Crippen molar-refractivity contribution in [3.63, 3.8) is 0 Å². The highest BCUT2D eigenvalue weighted by Gasteiger charge is 2.33. The van der Waals surface area contributed by atoms with Gasteiger partial charge in [0.2, 0.25) is 21.8 Å². The minimum absolute atomic E-state index is 0.104. The Bertz CT molecular complexity index is 1210. The number of nitrogens with one attached hydrogen (secondary N) is 1. The number of sulfonamides is 1. The molecule has 10 heteroatoms. The van der Waals surface area contributed by atoms with Crippen molar-refractivity contribution in [1.29, 1.82) is 0 Å². The first-order valence-corrected chi connectivity index (χ1v) is 14.2. The number of hydrogen-bond acceptors (Lipinski definition) is 6. The quantitative estimate of drug-likeness (QED) is 0.477. The van der Waals surface area contributed by atoms with Crippen LogP contribution in [0.25, 0.3) is 0 Å². The number of anilines is 1. The van der Waals surface area contributed by atoms with Crippen molar-refractivity contribution in [2.75, 3.05) is 29.8 Å². The highest BCUT2D eigenvalue weighted by molar-refractivity contribution is 7.92. The molecule has 0 fully saturated rings. The zero-order chi connectivity index (χ0) is 27.2. The lowest BCUT2D eigenvalue weighted by Gasteiger charge is -2.33. The first-order chi connectivity index (χ1) is 17.6. The normalized spacial score (nSPS) is 13.7. The van der Waals surface area contributed by atoms with Crippen LogP contribution < -0.4 is 19.1 Å². The van der Waals surface area contributed by atoms with Crippen LogP contribution in [-0.4, -0.2) is 62.7 Å². The Morgan fingerprint density at radius 1 is 1.03 bits per heavy atom. The molecule has 1 heterocycles. The third-order valence-electron chi connectivity index (χ3n) is 6.05. The molecule has 1 aliphatic rings. The maximum absolute atomic E-state index is 13.8. The minimum Gasteiger partial charge on any atom is -0.486 e. The second-order valence-electron chi connectivity index (χ2n) is 9.33. The molecule has 1 aliphatic heterocycles. The summed E-state index contributed by atoms with van der Waals surface area (Å²) in [7, 11) is -3.83. The lowest BCUT2D eigenvalue weighted by molar-refractivity contribution is -0.140. The van der Waals surface area contributed by atoms with Gasteiger partial charge in [-0.15, -0.1) is 0 Å². The van der Waals surface area contributed by atoms with Gasteiger partial charge in [-0.1, -0.05) is 36.8 Å². The number of benzene rings is 2. The molecule has 202 valence electrons. The molecule has 0 bridgehead atoms. The van der Waals surface area contributed by atoms with E-state index in [1.54, 1.807) is 18.2 Å². The van der Waals surface area contributed by atoms with Gasteiger partial charge in [-0.3, -0.25) is 13.9 Å². The third-order valence-corrected chi connectivity index (χ3v) is 7.79. The van der Waals surface area contributed by atoms with Gasteiger partial charge >= 0.3 is 0 Å². The summed E-state index contributed by atoms with van der Waals surface area (Å²) in [5, 5.41) is 2.89. The van der Waals surface area contributed by atoms with Crippen LogP contribution in [0, 0.1) is 6.92 Å². The summed E-state index contributed by atoms with van der Waals surface area (Å²) in [6, 6.07) is 11.6. The van der Waals surface area contributed by atoms with Gasteiger partial charge in [0.05, 0.1) is 11.4 Å². The van der Waals surface area contributed by atoms with E-state index in [9.17, 15) is 18.0 Å². The van der Waals surface area contributed by atoms with Crippen molar-refractivity contribution in [2.24, 2.45) is 0 Å². The highest BCUT2D eigenvalue weighted by Crippen LogP contribution is 2.35. The van der Waals surface area contributed by atoms with E-state index in [4.69, 9.17) is 9.47 Å². The molecular formula is C27H37N3O6S. The van der Waals surface area contributed by atoms with E-state index in [1.807, 2.05) is 52.0 Å². The van der Waals surface area contributed by atoms with Gasteiger partial charge in [0.15, 0.2) is 11.5 Å². The fourth-order valence-corrected chi connectivity index (χ4v) is 5.27. The maximum atomic E-state index is 13.8. The Labute approximate surface area is 219 Å². The number of hydrogen-bond donors (Lipinski definition) is 1. The first-order valence-electron chi connectivity index (χ1n) is 12.6. The van der Waals surface area contributed by atoms with E-state index in [-0.39, 0.29) is 24.2 Å². The topological polar surface area (TPSA) is 105 Å². The van der Waals surface area contributed by atoms with Crippen LogP contribution in [-0.2, 0) is 26.2 Å². The molecule has 0 aromatic heterocycles. The molecule has 9 nitrogen and oxygen atoms in total. The zero-order valence-corrected chi connectivity index (χ0v) is 23.0. The minimum atomic E-state index is -3.83. The second-order valence-corrected chi connectivity index (χ2v) is 11.5. The lowest BCUT2D eigenvalue weighted by atomic mass is 10.1. The molecule has 0 radical (unpaired) electrons. The van der Waals surface area contributed by atoms with Crippen molar-refractivity contribution in [1.82, 2.24) is 10.2 Å². The predicted molar refractivity (Wildman–Crippen MR) is 143 cm³/mol. The maximum Gasteiger partial charge on any atom is 0.244 e. The molecule has 2 aromatic carbocycles. The first kappa shape index (κ1) is 28.3. The molecule has 2 aromatic rings. The van der Waals surface area contributed by atoms with Crippen LogP contribution in [0.1, 0.15) is 45.2 Å². The van der Waals surface area contributed by atoms with E-state index < -0.39 is 28.5 Å². The number of aryl methyl sites for hydroxylation is 1. The Hall–Kier alpha value is -3.27. The smallest absolute Gasteiger partial charge is 0.244 e. The monoisotopic (exact) mass is 531 g/mol. The van der Waals surface area contributed by atoms with Gasteiger partial charge in [-0.05, 0) is 51.8 Å². The molecule has 0 spiro atoms. The van der Waals surface area contributed by atoms with E-state index in [2.05, 4.69) is 5.32 Å². The van der Waals surface area contributed by atoms with Gasteiger partial charge in [-0.2, -0.15) is 0 Å². The van der Waals surface area contributed by atoms with E-state index in [0.717, 1.165) is 15.4 Å². The molecule has 0 saturated heterocycles. The largest absolute Gasteiger partial charge is 0.486 e. The Balaban J connectivity index is 1.98. The highest BCUT2D eigenvalue weighted by atomic mass is 32.2. The summed E-state index contributed by atoms with van der Waals surface area (Å²) in [5.74, 6) is -0.00102. The van der Waals surface area contributed by atoms with Gasteiger partial charge in [-0.25, -0.2) is 8.42 Å². The number of ether oxygens (including phenoxy) is 2. The lowest BCUT2D eigenvalue weighted by Crippen LogP contribution is -2.53. The fourth-order valence-electron chi connectivity index (χ4n) is 4.21. The number of amides is 2. The van der Waals surface area contributed by atoms with Gasteiger partial charge < -0.3 is 19.7 Å².